The highest BCUT2D eigenvalue weighted by Gasteiger charge is 2.40. The van der Waals surface area contributed by atoms with Crippen molar-refractivity contribution >= 4 is 34.0 Å². The van der Waals surface area contributed by atoms with Crippen molar-refractivity contribution < 1.29 is 26.3 Å². The van der Waals surface area contributed by atoms with Crippen molar-refractivity contribution in [3.05, 3.63) is 28.8 Å². The Morgan fingerprint density at radius 1 is 1.40 bits per heavy atom. The van der Waals surface area contributed by atoms with E-state index in [1.165, 1.54) is 7.11 Å². The number of benzene rings is 1. The van der Waals surface area contributed by atoms with Crippen LogP contribution in [0.4, 0.5) is 13.2 Å². The number of ether oxygens (including phenoxy) is 1. The van der Waals surface area contributed by atoms with Gasteiger partial charge in [0.15, 0.2) is 0 Å². The van der Waals surface area contributed by atoms with E-state index in [2.05, 4.69) is 10.0 Å². The second-order valence-corrected chi connectivity index (χ2v) is 7.79. The SMILES string of the molecule is COCC1(CNS(=O)(=O)c2c(Cl)cccc2C(F)(F)F)CCCN1.Cl. The maximum atomic E-state index is 13.1. The molecule has 2 rings (SSSR count). The lowest BCUT2D eigenvalue weighted by Crippen LogP contribution is -2.53. The van der Waals surface area contributed by atoms with Crippen LogP contribution in [0.5, 0.6) is 0 Å². The number of sulfonamides is 1. The minimum absolute atomic E-state index is 0. The second kappa shape index (κ2) is 8.41. The predicted octanol–water partition coefficient (Wildman–Crippen LogP) is 2.83. The Morgan fingerprint density at radius 3 is 2.60 bits per heavy atom. The van der Waals surface area contributed by atoms with E-state index in [9.17, 15) is 21.6 Å². The Labute approximate surface area is 155 Å². The van der Waals surface area contributed by atoms with Gasteiger partial charge >= 0.3 is 6.18 Å². The zero-order valence-corrected chi connectivity index (χ0v) is 15.7. The van der Waals surface area contributed by atoms with E-state index < -0.39 is 37.2 Å². The molecular formula is C14H19Cl2F3N2O3S. The van der Waals surface area contributed by atoms with Gasteiger partial charge in [0.2, 0.25) is 10.0 Å². The van der Waals surface area contributed by atoms with Gasteiger partial charge in [-0.05, 0) is 31.5 Å². The predicted molar refractivity (Wildman–Crippen MR) is 90.7 cm³/mol. The first-order valence-corrected chi connectivity index (χ1v) is 9.07. The van der Waals surface area contributed by atoms with Crippen LogP contribution >= 0.6 is 24.0 Å². The number of rotatable bonds is 6. The lowest BCUT2D eigenvalue weighted by atomic mass is 9.99. The van der Waals surface area contributed by atoms with Crippen LogP contribution in [0.25, 0.3) is 0 Å². The number of nitrogens with one attached hydrogen (secondary N) is 2. The quantitative estimate of drug-likeness (QED) is 0.739. The summed E-state index contributed by atoms with van der Waals surface area (Å²) in [6, 6.07) is 2.87. The van der Waals surface area contributed by atoms with Gasteiger partial charge in [0.05, 0.1) is 22.7 Å². The third-order valence-electron chi connectivity index (χ3n) is 3.89. The summed E-state index contributed by atoms with van der Waals surface area (Å²) < 4.78 is 71.6. The summed E-state index contributed by atoms with van der Waals surface area (Å²) >= 11 is 5.75. The van der Waals surface area contributed by atoms with E-state index in [1.54, 1.807) is 0 Å². The highest BCUT2D eigenvalue weighted by atomic mass is 35.5. The Bertz CT molecular complexity index is 693. The summed E-state index contributed by atoms with van der Waals surface area (Å²) in [6.07, 6.45) is -3.35. The van der Waals surface area contributed by atoms with Crippen molar-refractivity contribution in [3.8, 4) is 0 Å². The third kappa shape index (κ3) is 5.21. The molecule has 2 N–H and O–H groups in total. The number of hydrogen-bond acceptors (Lipinski definition) is 4. The smallest absolute Gasteiger partial charge is 0.383 e. The van der Waals surface area contributed by atoms with Gasteiger partial charge in [-0.1, -0.05) is 17.7 Å². The summed E-state index contributed by atoms with van der Waals surface area (Å²) in [5, 5.41) is 2.67. The number of alkyl halides is 3. The van der Waals surface area contributed by atoms with Crippen molar-refractivity contribution in [1.82, 2.24) is 10.0 Å². The fourth-order valence-corrected chi connectivity index (χ4v) is 4.67. The monoisotopic (exact) mass is 422 g/mol. The van der Waals surface area contributed by atoms with Crippen LogP contribution < -0.4 is 10.0 Å². The molecular weight excluding hydrogens is 404 g/mol. The van der Waals surface area contributed by atoms with E-state index in [4.69, 9.17) is 16.3 Å². The van der Waals surface area contributed by atoms with Gasteiger partial charge in [-0.15, -0.1) is 12.4 Å². The van der Waals surface area contributed by atoms with Crippen molar-refractivity contribution in [1.29, 1.82) is 0 Å². The minimum atomic E-state index is -4.83. The molecule has 1 aliphatic heterocycles. The molecule has 0 aromatic heterocycles. The molecule has 0 bridgehead atoms. The molecule has 1 atom stereocenters. The van der Waals surface area contributed by atoms with E-state index >= 15 is 0 Å². The molecule has 1 aromatic carbocycles. The van der Waals surface area contributed by atoms with E-state index in [-0.39, 0.29) is 25.6 Å². The molecule has 144 valence electrons. The molecule has 1 aliphatic rings. The van der Waals surface area contributed by atoms with Gasteiger partial charge in [-0.25, -0.2) is 13.1 Å². The Kier molecular flexibility index (Phi) is 7.55. The van der Waals surface area contributed by atoms with Crippen molar-refractivity contribution in [3.63, 3.8) is 0 Å². The molecule has 1 saturated heterocycles. The first-order chi connectivity index (χ1) is 11.1. The molecule has 0 amide bonds. The molecule has 0 aliphatic carbocycles. The van der Waals surface area contributed by atoms with Crippen LogP contribution in [0.15, 0.2) is 23.1 Å². The standard InChI is InChI=1S/C14H18ClF3N2O3S.ClH/c1-23-9-13(6-3-7-19-13)8-20-24(21,22)12-10(14(16,17)18)4-2-5-11(12)15;/h2,4-5,19-20H,3,6-9H2,1H3;1H. The first-order valence-electron chi connectivity index (χ1n) is 7.21. The summed E-state index contributed by atoms with van der Waals surface area (Å²) in [6.45, 7) is 0.834. The Balaban J connectivity index is 0.00000312. The molecule has 1 fully saturated rings. The molecule has 25 heavy (non-hydrogen) atoms. The Morgan fingerprint density at radius 2 is 2.08 bits per heavy atom. The third-order valence-corrected chi connectivity index (χ3v) is 5.82. The zero-order chi connectivity index (χ0) is 18.0. The van der Waals surface area contributed by atoms with E-state index in [0.717, 1.165) is 18.6 Å². The first kappa shape index (κ1) is 22.5. The van der Waals surface area contributed by atoms with Gasteiger partial charge in [-0.3, -0.25) is 0 Å². The molecule has 5 nitrogen and oxygen atoms in total. The molecule has 1 aromatic rings. The molecule has 0 radical (unpaired) electrons. The van der Waals surface area contributed by atoms with Gasteiger partial charge in [0.25, 0.3) is 0 Å². The number of halogens is 5. The maximum Gasteiger partial charge on any atom is 0.417 e. The van der Waals surface area contributed by atoms with Crippen molar-refractivity contribution in [2.45, 2.75) is 29.5 Å². The van der Waals surface area contributed by atoms with Gasteiger partial charge in [0, 0.05) is 13.7 Å². The molecule has 11 heteroatoms. The lowest BCUT2D eigenvalue weighted by Gasteiger charge is -2.29. The van der Waals surface area contributed by atoms with Crippen molar-refractivity contribution in [2.24, 2.45) is 0 Å². The number of methoxy groups -OCH3 is 1. The number of hydrogen-bond donors (Lipinski definition) is 2. The van der Waals surface area contributed by atoms with Crippen molar-refractivity contribution in [2.75, 3.05) is 26.8 Å². The average Bonchev–Trinajstić information content (AvgIpc) is 2.93. The van der Waals surface area contributed by atoms with E-state index in [1.807, 2.05) is 0 Å². The second-order valence-electron chi connectivity index (χ2n) is 5.68. The largest absolute Gasteiger partial charge is 0.417 e. The fourth-order valence-electron chi connectivity index (χ4n) is 2.78. The fraction of sp³-hybridized carbons (Fsp3) is 0.571. The maximum absolute atomic E-state index is 13.1. The summed E-state index contributed by atoms with van der Waals surface area (Å²) in [5.41, 5.74) is -1.93. The minimum Gasteiger partial charge on any atom is -0.383 e. The summed E-state index contributed by atoms with van der Waals surface area (Å²) in [5.74, 6) is 0. The van der Waals surface area contributed by atoms with Crippen LogP contribution in [-0.4, -0.2) is 40.8 Å². The van der Waals surface area contributed by atoms with E-state index in [0.29, 0.717) is 19.0 Å². The molecule has 1 unspecified atom stereocenters. The van der Waals surface area contributed by atoms with Crippen LogP contribution in [0.1, 0.15) is 18.4 Å². The average molecular weight is 423 g/mol. The van der Waals surface area contributed by atoms with Gasteiger partial charge in [-0.2, -0.15) is 13.2 Å². The molecule has 1 heterocycles. The topological polar surface area (TPSA) is 67.4 Å². The Hall–Kier alpha value is -0.580. The van der Waals surface area contributed by atoms with Crippen LogP contribution in [-0.2, 0) is 20.9 Å². The van der Waals surface area contributed by atoms with Gasteiger partial charge < -0.3 is 10.1 Å². The van der Waals surface area contributed by atoms with Crippen LogP contribution in [0, 0.1) is 0 Å². The van der Waals surface area contributed by atoms with Gasteiger partial charge in [0.1, 0.15) is 4.90 Å². The summed E-state index contributed by atoms with van der Waals surface area (Å²) in [4.78, 5) is -0.954. The summed E-state index contributed by atoms with van der Waals surface area (Å²) in [7, 11) is -2.97. The lowest BCUT2D eigenvalue weighted by molar-refractivity contribution is -0.139. The van der Waals surface area contributed by atoms with Crippen LogP contribution in [0.3, 0.4) is 0 Å². The highest BCUT2D eigenvalue weighted by Crippen LogP contribution is 2.37. The molecule has 0 saturated carbocycles. The normalized spacial score (nSPS) is 21.2. The highest BCUT2D eigenvalue weighted by molar-refractivity contribution is 7.89. The molecule has 0 spiro atoms. The zero-order valence-electron chi connectivity index (χ0n) is 13.3. The van der Waals surface area contributed by atoms with Crippen LogP contribution in [0.2, 0.25) is 5.02 Å².